The van der Waals surface area contributed by atoms with Crippen molar-refractivity contribution in [1.82, 2.24) is 15.3 Å². The summed E-state index contributed by atoms with van der Waals surface area (Å²) in [4.78, 5) is 8.46. The van der Waals surface area contributed by atoms with Crippen LogP contribution in [0.1, 0.15) is 36.2 Å². The zero-order valence-electron chi connectivity index (χ0n) is 12.3. The number of nitrogens with one attached hydrogen (secondary N) is 1. The van der Waals surface area contributed by atoms with Gasteiger partial charge in [0.25, 0.3) is 0 Å². The topological polar surface area (TPSA) is 47.0 Å². The van der Waals surface area contributed by atoms with Crippen molar-refractivity contribution < 1.29 is 4.74 Å². The van der Waals surface area contributed by atoms with Gasteiger partial charge in [0, 0.05) is 6.07 Å². The Morgan fingerprint density at radius 1 is 1.25 bits per heavy atom. The fourth-order valence-electron chi connectivity index (χ4n) is 2.15. The highest BCUT2D eigenvalue weighted by atomic mass is 16.5. The lowest BCUT2D eigenvalue weighted by Crippen LogP contribution is -2.24. The normalized spacial score (nSPS) is 12.2. The van der Waals surface area contributed by atoms with E-state index in [2.05, 4.69) is 53.4 Å². The number of nitrogens with zero attached hydrogens (tertiary/aromatic N) is 2. The third kappa shape index (κ3) is 3.54. The molecular weight excluding hydrogens is 250 g/mol. The molecule has 106 valence electrons. The first-order valence-electron chi connectivity index (χ1n) is 6.90. The first-order chi connectivity index (χ1) is 9.74. The SMILES string of the molecule is CCCNC(c1cccc(C)c1)c1cc(OC)ncn1. The van der Waals surface area contributed by atoms with E-state index in [-0.39, 0.29) is 6.04 Å². The van der Waals surface area contributed by atoms with Gasteiger partial charge in [0.2, 0.25) is 5.88 Å². The van der Waals surface area contributed by atoms with Crippen LogP contribution in [0.5, 0.6) is 5.88 Å². The second-order valence-corrected chi connectivity index (χ2v) is 4.79. The van der Waals surface area contributed by atoms with E-state index in [4.69, 9.17) is 4.74 Å². The maximum absolute atomic E-state index is 5.19. The molecule has 0 saturated heterocycles. The number of methoxy groups -OCH3 is 1. The van der Waals surface area contributed by atoms with Crippen LogP contribution in [0.25, 0.3) is 0 Å². The highest BCUT2D eigenvalue weighted by Gasteiger charge is 2.15. The molecule has 2 aromatic rings. The van der Waals surface area contributed by atoms with Gasteiger partial charge in [-0.1, -0.05) is 36.8 Å². The number of hydrogen-bond acceptors (Lipinski definition) is 4. The van der Waals surface area contributed by atoms with Gasteiger partial charge in [0.1, 0.15) is 6.33 Å². The summed E-state index contributed by atoms with van der Waals surface area (Å²) in [6.45, 7) is 5.19. The average Bonchev–Trinajstić information content (AvgIpc) is 2.48. The molecule has 0 amide bonds. The Morgan fingerprint density at radius 3 is 2.80 bits per heavy atom. The zero-order chi connectivity index (χ0) is 14.4. The van der Waals surface area contributed by atoms with Crippen LogP contribution in [0.2, 0.25) is 0 Å². The fraction of sp³-hybridized carbons (Fsp3) is 0.375. The Labute approximate surface area is 120 Å². The molecule has 0 saturated carbocycles. The Balaban J connectivity index is 2.35. The minimum absolute atomic E-state index is 0.0618. The van der Waals surface area contributed by atoms with Crippen LogP contribution >= 0.6 is 0 Å². The van der Waals surface area contributed by atoms with Crippen LogP contribution in [-0.4, -0.2) is 23.6 Å². The first-order valence-corrected chi connectivity index (χ1v) is 6.90. The quantitative estimate of drug-likeness (QED) is 0.877. The zero-order valence-corrected chi connectivity index (χ0v) is 12.3. The van der Waals surface area contributed by atoms with Gasteiger partial charge >= 0.3 is 0 Å². The maximum atomic E-state index is 5.19. The van der Waals surface area contributed by atoms with Gasteiger partial charge in [-0.05, 0) is 25.5 Å². The van der Waals surface area contributed by atoms with Crippen molar-refractivity contribution in [3.05, 3.63) is 53.5 Å². The van der Waals surface area contributed by atoms with Crippen molar-refractivity contribution in [3.8, 4) is 5.88 Å². The monoisotopic (exact) mass is 271 g/mol. The molecule has 0 aliphatic carbocycles. The molecule has 1 atom stereocenters. The van der Waals surface area contributed by atoms with Crippen molar-refractivity contribution in [3.63, 3.8) is 0 Å². The number of aromatic nitrogens is 2. The molecule has 1 aromatic carbocycles. The molecule has 1 N–H and O–H groups in total. The van der Waals surface area contributed by atoms with Crippen LogP contribution in [0.4, 0.5) is 0 Å². The van der Waals surface area contributed by atoms with Gasteiger partial charge in [0.05, 0.1) is 18.8 Å². The van der Waals surface area contributed by atoms with Crippen LogP contribution in [0.3, 0.4) is 0 Å². The predicted molar refractivity (Wildman–Crippen MR) is 79.9 cm³/mol. The summed E-state index contributed by atoms with van der Waals surface area (Å²) in [5.41, 5.74) is 3.38. The smallest absolute Gasteiger partial charge is 0.216 e. The largest absolute Gasteiger partial charge is 0.481 e. The van der Waals surface area contributed by atoms with E-state index in [0.29, 0.717) is 5.88 Å². The minimum Gasteiger partial charge on any atom is -0.481 e. The molecule has 1 heterocycles. The van der Waals surface area contributed by atoms with Gasteiger partial charge in [-0.15, -0.1) is 0 Å². The van der Waals surface area contributed by atoms with Crippen molar-refractivity contribution in [2.24, 2.45) is 0 Å². The summed E-state index contributed by atoms with van der Waals surface area (Å²) < 4.78 is 5.19. The van der Waals surface area contributed by atoms with Crippen molar-refractivity contribution >= 4 is 0 Å². The summed E-state index contributed by atoms with van der Waals surface area (Å²) in [5, 5.41) is 3.53. The van der Waals surface area contributed by atoms with E-state index >= 15 is 0 Å². The lowest BCUT2D eigenvalue weighted by atomic mass is 10.0. The highest BCUT2D eigenvalue weighted by Crippen LogP contribution is 2.23. The summed E-state index contributed by atoms with van der Waals surface area (Å²) in [7, 11) is 1.62. The average molecular weight is 271 g/mol. The molecule has 4 nitrogen and oxygen atoms in total. The summed E-state index contributed by atoms with van der Waals surface area (Å²) in [5.74, 6) is 0.589. The third-order valence-corrected chi connectivity index (χ3v) is 3.14. The molecule has 0 fully saturated rings. The molecule has 2 rings (SSSR count). The summed E-state index contributed by atoms with van der Waals surface area (Å²) in [6, 6.07) is 10.4. The van der Waals surface area contributed by atoms with Crippen LogP contribution in [0.15, 0.2) is 36.7 Å². The molecule has 0 aliphatic rings. The summed E-state index contributed by atoms with van der Waals surface area (Å²) in [6.07, 6.45) is 2.62. The number of ether oxygens (including phenoxy) is 1. The first kappa shape index (κ1) is 14.5. The molecule has 4 heteroatoms. The molecule has 0 bridgehead atoms. The van der Waals surface area contributed by atoms with Crippen molar-refractivity contribution in [2.45, 2.75) is 26.3 Å². The van der Waals surface area contributed by atoms with E-state index in [9.17, 15) is 0 Å². The second-order valence-electron chi connectivity index (χ2n) is 4.79. The molecule has 1 aromatic heterocycles. The van der Waals surface area contributed by atoms with E-state index in [1.54, 1.807) is 13.4 Å². The van der Waals surface area contributed by atoms with E-state index in [1.807, 2.05) is 6.07 Å². The minimum atomic E-state index is 0.0618. The molecular formula is C16H21N3O. The number of hydrogen-bond donors (Lipinski definition) is 1. The maximum Gasteiger partial charge on any atom is 0.216 e. The third-order valence-electron chi connectivity index (χ3n) is 3.14. The van der Waals surface area contributed by atoms with Gasteiger partial charge in [-0.2, -0.15) is 0 Å². The van der Waals surface area contributed by atoms with E-state index < -0.39 is 0 Å². The lowest BCUT2D eigenvalue weighted by molar-refractivity contribution is 0.394. The predicted octanol–water partition coefficient (Wildman–Crippen LogP) is 2.88. The Kier molecular flexibility index (Phi) is 5.07. The van der Waals surface area contributed by atoms with Gasteiger partial charge in [-0.3, -0.25) is 0 Å². The van der Waals surface area contributed by atoms with Gasteiger partial charge < -0.3 is 10.1 Å². The second kappa shape index (κ2) is 7.01. The van der Waals surface area contributed by atoms with Gasteiger partial charge in [0.15, 0.2) is 0 Å². The number of aryl methyl sites for hydroxylation is 1. The molecule has 20 heavy (non-hydrogen) atoms. The van der Waals surface area contributed by atoms with Crippen molar-refractivity contribution in [1.29, 1.82) is 0 Å². The van der Waals surface area contributed by atoms with Gasteiger partial charge in [-0.25, -0.2) is 9.97 Å². The van der Waals surface area contributed by atoms with Crippen LogP contribution in [-0.2, 0) is 0 Å². The van der Waals surface area contributed by atoms with E-state index in [0.717, 1.165) is 18.7 Å². The van der Waals surface area contributed by atoms with Crippen LogP contribution < -0.4 is 10.1 Å². The number of benzene rings is 1. The standard InChI is InChI=1S/C16H21N3O/c1-4-8-17-16(13-7-5-6-12(2)9-13)14-10-15(20-3)19-11-18-14/h5-7,9-11,16-17H,4,8H2,1-3H3. The molecule has 0 aliphatic heterocycles. The van der Waals surface area contributed by atoms with Crippen LogP contribution in [0, 0.1) is 6.92 Å². The fourth-order valence-corrected chi connectivity index (χ4v) is 2.15. The molecule has 1 unspecified atom stereocenters. The lowest BCUT2D eigenvalue weighted by Gasteiger charge is -2.19. The van der Waals surface area contributed by atoms with E-state index in [1.165, 1.54) is 11.1 Å². The molecule has 0 spiro atoms. The highest BCUT2D eigenvalue weighted by molar-refractivity contribution is 5.32. The van der Waals surface area contributed by atoms with Crippen molar-refractivity contribution in [2.75, 3.05) is 13.7 Å². The Bertz CT molecular complexity index is 557. The molecule has 0 radical (unpaired) electrons. The summed E-state index contributed by atoms with van der Waals surface area (Å²) >= 11 is 0. The Hall–Kier alpha value is -1.94. The Morgan fingerprint density at radius 2 is 2.10 bits per heavy atom. The number of rotatable bonds is 6.